The lowest BCUT2D eigenvalue weighted by atomic mass is 9.80. The normalized spacial score (nSPS) is 21.1. The molecule has 1 aliphatic carbocycles. The molecule has 4 heterocycles. The lowest BCUT2D eigenvalue weighted by Crippen LogP contribution is -2.21. The second-order valence-electron chi connectivity index (χ2n) is 7.83. The van der Waals surface area contributed by atoms with Crippen molar-refractivity contribution in [3.8, 4) is 11.1 Å². The van der Waals surface area contributed by atoms with Gasteiger partial charge in [0.2, 0.25) is 0 Å². The molecule has 1 aliphatic heterocycles. The highest BCUT2D eigenvalue weighted by Crippen LogP contribution is 2.40. The number of aliphatic carboxylic acids is 1. The van der Waals surface area contributed by atoms with E-state index in [4.69, 9.17) is 10.7 Å². The lowest BCUT2D eigenvalue weighted by Gasteiger charge is -2.26. The monoisotopic (exact) mass is 500 g/mol. The van der Waals surface area contributed by atoms with Gasteiger partial charge >= 0.3 is 5.97 Å². The first-order valence-electron chi connectivity index (χ1n) is 10.1. The second-order valence-corrected chi connectivity index (χ2v) is 9.48. The van der Waals surface area contributed by atoms with Crippen molar-refractivity contribution in [3.63, 3.8) is 0 Å². The number of carboxylic acid groups (broad SMARTS) is 1. The largest absolute Gasteiger partial charge is 0.481 e. The molecule has 4 N–H and O–H groups in total. The van der Waals surface area contributed by atoms with Crippen LogP contribution in [0.5, 0.6) is 0 Å². The molecule has 31 heavy (non-hydrogen) atoms. The van der Waals surface area contributed by atoms with E-state index in [0.717, 1.165) is 51.4 Å². The maximum Gasteiger partial charge on any atom is 0.306 e. The first-order valence-corrected chi connectivity index (χ1v) is 11.9. The van der Waals surface area contributed by atoms with Crippen LogP contribution < -0.4 is 11.1 Å². The second kappa shape index (κ2) is 8.16. The molecule has 0 saturated heterocycles. The third-order valence-electron chi connectivity index (χ3n) is 6.01. The van der Waals surface area contributed by atoms with E-state index < -0.39 is 5.97 Å². The van der Waals surface area contributed by atoms with Gasteiger partial charge in [-0.2, -0.15) is 9.61 Å². The number of thioether (sulfide) groups is 1. The molecule has 3 aromatic heterocycles. The van der Waals surface area contributed by atoms with Gasteiger partial charge in [-0.3, -0.25) is 9.78 Å². The number of aromatic nitrogens is 4. The maximum absolute atomic E-state index is 11.3. The van der Waals surface area contributed by atoms with Crippen molar-refractivity contribution in [1.82, 2.24) is 24.9 Å². The van der Waals surface area contributed by atoms with Crippen molar-refractivity contribution < 1.29 is 9.90 Å². The van der Waals surface area contributed by atoms with Gasteiger partial charge in [-0.15, -0.1) is 11.8 Å². The molecule has 2 aliphatic rings. The first kappa shape index (κ1) is 20.3. The molecule has 1 fully saturated rings. The molecule has 3 aromatic rings. The number of nitrogens with one attached hydrogen (secondary N) is 1. The van der Waals surface area contributed by atoms with Gasteiger partial charge in [-0.05, 0) is 53.1 Å². The van der Waals surface area contributed by atoms with Gasteiger partial charge in [0.05, 0.1) is 39.5 Å². The van der Waals surface area contributed by atoms with Gasteiger partial charge in [-0.1, -0.05) is 6.07 Å². The van der Waals surface area contributed by atoms with Crippen LogP contribution in [-0.4, -0.2) is 36.5 Å². The van der Waals surface area contributed by atoms with Gasteiger partial charge in [0.1, 0.15) is 5.82 Å². The molecule has 0 radical (unpaired) electrons. The summed E-state index contributed by atoms with van der Waals surface area (Å²) in [5.74, 6) is 0.542. The Labute approximate surface area is 191 Å². The van der Waals surface area contributed by atoms with Crippen molar-refractivity contribution in [2.45, 2.75) is 31.6 Å². The molecule has 5 rings (SSSR count). The smallest absolute Gasteiger partial charge is 0.306 e. The molecule has 0 amide bonds. The van der Waals surface area contributed by atoms with E-state index in [2.05, 4.69) is 36.7 Å². The third kappa shape index (κ3) is 3.67. The highest BCUT2D eigenvalue weighted by atomic mass is 79.9. The SMILES string of the molecule is Nc1c(Br)c(C2CCC(C(=O)O)CC2)nc2c(-c3ccc(C4=CSCN4)nc3)cnn12. The number of hydrogen-bond donors (Lipinski definition) is 3. The summed E-state index contributed by atoms with van der Waals surface area (Å²) in [6.07, 6.45) is 6.44. The van der Waals surface area contributed by atoms with Crippen molar-refractivity contribution in [2.75, 3.05) is 11.6 Å². The number of carbonyl (C=O) groups is 1. The van der Waals surface area contributed by atoms with E-state index >= 15 is 0 Å². The van der Waals surface area contributed by atoms with Crippen molar-refractivity contribution >= 4 is 50.8 Å². The Morgan fingerprint density at radius 2 is 2.06 bits per heavy atom. The number of fused-ring (bicyclic) bond motifs is 1. The van der Waals surface area contributed by atoms with E-state index in [1.807, 2.05) is 18.3 Å². The number of nitrogens with two attached hydrogens (primary N) is 1. The lowest BCUT2D eigenvalue weighted by molar-refractivity contribution is -0.142. The van der Waals surface area contributed by atoms with E-state index in [1.165, 1.54) is 0 Å². The summed E-state index contributed by atoms with van der Waals surface area (Å²) < 4.78 is 2.37. The zero-order chi connectivity index (χ0) is 21.5. The van der Waals surface area contributed by atoms with Crippen molar-refractivity contribution in [3.05, 3.63) is 45.8 Å². The van der Waals surface area contributed by atoms with E-state index in [1.54, 1.807) is 22.5 Å². The molecule has 1 saturated carbocycles. The highest BCUT2D eigenvalue weighted by molar-refractivity contribution is 9.10. The Morgan fingerprint density at radius 3 is 2.71 bits per heavy atom. The third-order valence-corrected chi connectivity index (χ3v) is 7.53. The molecule has 0 spiro atoms. The quantitative estimate of drug-likeness (QED) is 0.490. The topological polar surface area (TPSA) is 118 Å². The van der Waals surface area contributed by atoms with Gasteiger partial charge in [0, 0.05) is 23.2 Å². The molecular weight excluding hydrogens is 480 g/mol. The van der Waals surface area contributed by atoms with E-state index in [0.29, 0.717) is 24.3 Å². The molecule has 8 nitrogen and oxygen atoms in total. The van der Waals surface area contributed by atoms with Gasteiger partial charge in [0.25, 0.3) is 0 Å². The van der Waals surface area contributed by atoms with Crippen LogP contribution in [0.25, 0.3) is 22.5 Å². The number of nitrogen functional groups attached to an aromatic ring is 1. The fraction of sp³-hybridized carbons (Fsp3) is 0.333. The highest BCUT2D eigenvalue weighted by Gasteiger charge is 2.30. The molecule has 10 heteroatoms. The van der Waals surface area contributed by atoms with Crippen molar-refractivity contribution in [2.24, 2.45) is 5.92 Å². The summed E-state index contributed by atoms with van der Waals surface area (Å²) in [5.41, 5.74) is 11.6. The van der Waals surface area contributed by atoms with Crippen LogP contribution in [0.1, 0.15) is 43.0 Å². The minimum atomic E-state index is -0.711. The Hall–Kier alpha value is -2.59. The number of pyridine rings is 1. The van der Waals surface area contributed by atoms with Crippen LogP contribution in [0.2, 0.25) is 0 Å². The molecule has 0 unspecified atom stereocenters. The number of nitrogens with zero attached hydrogens (tertiary/aromatic N) is 4. The molecular formula is C21H21BrN6O2S. The number of halogens is 1. The summed E-state index contributed by atoms with van der Waals surface area (Å²) in [7, 11) is 0. The van der Waals surface area contributed by atoms with Gasteiger partial charge in [-0.25, -0.2) is 4.98 Å². The zero-order valence-corrected chi connectivity index (χ0v) is 19.0. The Balaban J connectivity index is 1.50. The molecule has 0 bridgehead atoms. The van der Waals surface area contributed by atoms with Crippen LogP contribution in [0.3, 0.4) is 0 Å². The van der Waals surface area contributed by atoms with Crippen LogP contribution in [-0.2, 0) is 4.79 Å². The van der Waals surface area contributed by atoms with Gasteiger partial charge in [0.15, 0.2) is 5.65 Å². The van der Waals surface area contributed by atoms with E-state index in [-0.39, 0.29) is 11.8 Å². The van der Waals surface area contributed by atoms with E-state index in [9.17, 15) is 9.90 Å². The summed E-state index contributed by atoms with van der Waals surface area (Å²) in [6, 6.07) is 4.00. The Bertz CT molecular complexity index is 1180. The Morgan fingerprint density at radius 1 is 1.26 bits per heavy atom. The van der Waals surface area contributed by atoms with Crippen LogP contribution in [0.15, 0.2) is 34.4 Å². The minimum Gasteiger partial charge on any atom is -0.481 e. The number of anilines is 1. The average molecular weight is 501 g/mol. The summed E-state index contributed by atoms with van der Waals surface area (Å²) in [5, 5.41) is 19.1. The zero-order valence-electron chi connectivity index (χ0n) is 16.6. The summed E-state index contributed by atoms with van der Waals surface area (Å²) >= 11 is 5.31. The maximum atomic E-state index is 11.3. The van der Waals surface area contributed by atoms with Crippen molar-refractivity contribution in [1.29, 1.82) is 0 Å². The number of hydrogen-bond acceptors (Lipinski definition) is 7. The summed E-state index contributed by atoms with van der Waals surface area (Å²) in [4.78, 5) is 20.8. The number of carboxylic acids is 1. The van der Waals surface area contributed by atoms with Crippen LogP contribution in [0, 0.1) is 5.92 Å². The van der Waals surface area contributed by atoms with Crippen LogP contribution in [0.4, 0.5) is 5.82 Å². The molecule has 0 aromatic carbocycles. The Kier molecular flexibility index (Phi) is 5.35. The summed E-state index contributed by atoms with van der Waals surface area (Å²) in [6.45, 7) is 0. The fourth-order valence-corrected chi connectivity index (χ4v) is 5.52. The predicted octanol–water partition coefficient (Wildman–Crippen LogP) is 4.09. The molecule has 0 atom stereocenters. The molecule has 160 valence electrons. The predicted molar refractivity (Wildman–Crippen MR) is 124 cm³/mol. The average Bonchev–Trinajstić information content (AvgIpc) is 3.47. The van der Waals surface area contributed by atoms with Gasteiger partial charge < -0.3 is 16.2 Å². The van der Waals surface area contributed by atoms with Crippen LogP contribution >= 0.6 is 27.7 Å². The number of rotatable bonds is 4. The standard InChI is InChI=1S/C21H21BrN6O2S/c22-17-18(11-1-3-12(4-2-11)21(29)30)27-20-14(8-26-28(20)19(17)23)13-5-6-15(24-7-13)16-9-31-10-25-16/h5-9,11-12,25H,1-4,10,23H2,(H,29,30). The first-order chi connectivity index (χ1) is 15.0. The minimum absolute atomic E-state index is 0.165. The fourth-order valence-electron chi connectivity index (χ4n) is 4.25.